The highest BCUT2D eigenvalue weighted by molar-refractivity contribution is 6.21. The molecule has 0 aliphatic carbocycles. The Morgan fingerprint density at radius 1 is 0.276 bits per heavy atom. The van der Waals surface area contributed by atoms with Crippen LogP contribution in [0.3, 0.4) is 0 Å². The van der Waals surface area contributed by atoms with Crippen molar-refractivity contribution in [1.82, 2.24) is 0 Å². The summed E-state index contributed by atoms with van der Waals surface area (Å²) in [5, 5.41) is 7.47. The van der Waals surface area contributed by atoms with Crippen molar-refractivity contribution in [3.63, 3.8) is 0 Å². The molecule has 0 bridgehead atoms. The summed E-state index contributed by atoms with van der Waals surface area (Å²) >= 11 is 0. The van der Waals surface area contributed by atoms with Crippen molar-refractivity contribution in [3.8, 4) is 0 Å². The van der Waals surface area contributed by atoms with Gasteiger partial charge in [-0.25, -0.2) is 17.6 Å². The molecular formula is C50H28F4N2O2. The SMILES string of the molecule is Fc1ccc(N(c2ccc(F)cc2)c2ccc3c(ccc4c5cc6oc7c8ccc(N(c9ccc(F)cc9)c9ccc(F)cc9)cc8ccc7c6cc5oc34)c2)cc1. The fourth-order valence-electron chi connectivity index (χ4n) is 8.12. The summed E-state index contributed by atoms with van der Waals surface area (Å²) in [4.78, 5) is 3.91. The van der Waals surface area contributed by atoms with E-state index in [-0.39, 0.29) is 23.3 Å². The molecule has 0 atom stereocenters. The largest absolute Gasteiger partial charge is 0.455 e. The van der Waals surface area contributed by atoms with E-state index in [1.165, 1.54) is 48.5 Å². The first kappa shape index (κ1) is 33.7. The summed E-state index contributed by atoms with van der Waals surface area (Å²) in [6.45, 7) is 0. The van der Waals surface area contributed by atoms with Crippen molar-refractivity contribution >= 4 is 99.5 Å². The van der Waals surface area contributed by atoms with E-state index in [4.69, 9.17) is 8.83 Å². The molecule has 2 aromatic heterocycles. The minimum Gasteiger partial charge on any atom is -0.455 e. The zero-order chi connectivity index (χ0) is 39.1. The third-order valence-electron chi connectivity index (χ3n) is 10.8. The van der Waals surface area contributed by atoms with E-state index in [9.17, 15) is 17.6 Å². The maximum absolute atomic E-state index is 13.9. The van der Waals surface area contributed by atoms with Crippen LogP contribution in [0.1, 0.15) is 0 Å². The quantitative estimate of drug-likeness (QED) is 0.158. The fourth-order valence-corrected chi connectivity index (χ4v) is 8.12. The molecule has 4 nitrogen and oxygen atoms in total. The number of benzene rings is 9. The van der Waals surface area contributed by atoms with Gasteiger partial charge in [0, 0.05) is 66.4 Å². The summed E-state index contributed by atoms with van der Waals surface area (Å²) < 4.78 is 68.9. The van der Waals surface area contributed by atoms with Gasteiger partial charge in [-0.2, -0.15) is 0 Å². The van der Waals surface area contributed by atoms with Crippen LogP contribution in [0.5, 0.6) is 0 Å². The Morgan fingerprint density at radius 2 is 0.569 bits per heavy atom. The molecule has 0 fully saturated rings. The number of hydrogen-bond donors (Lipinski definition) is 0. The van der Waals surface area contributed by atoms with E-state index in [1.54, 1.807) is 48.5 Å². The van der Waals surface area contributed by atoms with Gasteiger partial charge < -0.3 is 18.6 Å². The molecule has 0 saturated heterocycles. The van der Waals surface area contributed by atoms with Crippen LogP contribution in [0, 0.1) is 23.3 Å². The van der Waals surface area contributed by atoms with Crippen LogP contribution in [0.15, 0.2) is 179 Å². The number of furan rings is 2. The minimum atomic E-state index is -0.341. The zero-order valence-electron chi connectivity index (χ0n) is 30.4. The summed E-state index contributed by atoms with van der Waals surface area (Å²) in [5.41, 5.74) is 7.53. The highest BCUT2D eigenvalue weighted by Crippen LogP contribution is 2.44. The summed E-state index contributed by atoms with van der Waals surface area (Å²) in [6.07, 6.45) is 0. The average Bonchev–Trinajstić information content (AvgIpc) is 3.80. The minimum absolute atomic E-state index is 0.341. The first-order valence-electron chi connectivity index (χ1n) is 18.7. The van der Waals surface area contributed by atoms with Crippen LogP contribution in [0.2, 0.25) is 0 Å². The molecule has 0 saturated carbocycles. The molecule has 0 spiro atoms. The van der Waals surface area contributed by atoms with Gasteiger partial charge in [0.1, 0.15) is 45.6 Å². The van der Waals surface area contributed by atoms with Crippen LogP contribution >= 0.6 is 0 Å². The van der Waals surface area contributed by atoms with Gasteiger partial charge in [-0.15, -0.1) is 0 Å². The highest BCUT2D eigenvalue weighted by atomic mass is 19.1. The first-order valence-corrected chi connectivity index (χ1v) is 18.7. The van der Waals surface area contributed by atoms with Crippen LogP contribution in [-0.2, 0) is 0 Å². The highest BCUT2D eigenvalue weighted by Gasteiger charge is 2.20. The Hall–Kier alpha value is -7.58. The maximum atomic E-state index is 13.9. The van der Waals surface area contributed by atoms with Crippen molar-refractivity contribution in [2.75, 3.05) is 9.80 Å². The van der Waals surface area contributed by atoms with Crippen molar-refractivity contribution in [2.24, 2.45) is 0 Å². The van der Waals surface area contributed by atoms with Gasteiger partial charge in [-0.1, -0.05) is 12.1 Å². The van der Waals surface area contributed by atoms with Gasteiger partial charge in [0.15, 0.2) is 0 Å². The van der Waals surface area contributed by atoms with E-state index in [1.807, 2.05) is 70.5 Å². The van der Waals surface area contributed by atoms with Gasteiger partial charge >= 0.3 is 0 Å². The number of hydrogen-bond acceptors (Lipinski definition) is 4. The number of anilines is 6. The molecule has 278 valence electrons. The number of fused-ring (bicyclic) bond motifs is 10. The number of rotatable bonds is 6. The summed E-state index contributed by atoms with van der Waals surface area (Å²) in [7, 11) is 0. The third kappa shape index (κ3) is 5.52. The molecule has 11 aromatic rings. The lowest BCUT2D eigenvalue weighted by Crippen LogP contribution is -2.10. The second-order valence-electron chi connectivity index (χ2n) is 14.3. The second kappa shape index (κ2) is 13.0. The van der Waals surface area contributed by atoms with Gasteiger partial charge in [0.2, 0.25) is 0 Å². The van der Waals surface area contributed by atoms with Crippen molar-refractivity contribution in [3.05, 3.63) is 193 Å². The van der Waals surface area contributed by atoms with E-state index >= 15 is 0 Å². The van der Waals surface area contributed by atoms with Crippen molar-refractivity contribution in [1.29, 1.82) is 0 Å². The Morgan fingerprint density at radius 3 is 0.897 bits per heavy atom. The smallest absolute Gasteiger partial charge is 0.143 e. The monoisotopic (exact) mass is 764 g/mol. The van der Waals surface area contributed by atoms with E-state index < -0.39 is 0 Å². The van der Waals surface area contributed by atoms with Gasteiger partial charge in [-0.05, 0) is 168 Å². The molecule has 0 aliphatic rings. The van der Waals surface area contributed by atoms with Crippen LogP contribution in [-0.4, -0.2) is 0 Å². The molecule has 8 heteroatoms. The number of nitrogens with zero attached hydrogens (tertiary/aromatic N) is 2. The third-order valence-corrected chi connectivity index (χ3v) is 10.8. The molecule has 0 N–H and O–H groups in total. The maximum Gasteiger partial charge on any atom is 0.143 e. The molecule has 9 aromatic carbocycles. The Kier molecular flexibility index (Phi) is 7.56. The van der Waals surface area contributed by atoms with Crippen LogP contribution < -0.4 is 9.80 Å². The second-order valence-corrected chi connectivity index (χ2v) is 14.3. The molecular weight excluding hydrogens is 737 g/mol. The molecule has 0 unspecified atom stereocenters. The lowest BCUT2D eigenvalue weighted by Gasteiger charge is -2.25. The Labute approximate surface area is 328 Å². The average molecular weight is 765 g/mol. The van der Waals surface area contributed by atoms with Crippen LogP contribution in [0.4, 0.5) is 51.7 Å². The Balaban J connectivity index is 1.00. The molecule has 58 heavy (non-hydrogen) atoms. The topological polar surface area (TPSA) is 32.8 Å². The summed E-state index contributed by atoms with van der Waals surface area (Å²) in [5.74, 6) is -1.37. The molecule has 0 radical (unpaired) electrons. The van der Waals surface area contributed by atoms with E-state index in [0.29, 0.717) is 0 Å². The molecule has 2 heterocycles. The predicted molar refractivity (Wildman–Crippen MR) is 225 cm³/mol. The molecule has 0 amide bonds. The fraction of sp³-hybridized carbons (Fsp3) is 0. The first-order chi connectivity index (χ1) is 28.3. The standard InChI is InChI=1S/C50H28F4N2O2/c51-31-3-11-35(12-4-31)55(36-13-5-32(52)6-14-36)39-19-23-41-29(25-39)1-21-43-45-27-48-46(28-47(45)57-49(41)43)44-22-2-30-26-40(20-24-42(30)50(44)58-48)56(37-15-7-33(53)8-16-37)38-17-9-34(54)10-18-38/h1-28H. The molecule has 11 rings (SSSR count). The lowest BCUT2D eigenvalue weighted by atomic mass is 10.0. The Bertz CT molecular complexity index is 3060. The van der Waals surface area contributed by atoms with E-state index in [2.05, 4.69) is 12.1 Å². The van der Waals surface area contributed by atoms with Gasteiger partial charge in [0.25, 0.3) is 0 Å². The summed E-state index contributed by atoms with van der Waals surface area (Å²) in [6, 6.07) is 49.2. The van der Waals surface area contributed by atoms with Gasteiger partial charge in [-0.3, -0.25) is 0 Å². The van der Waals surface area contributed by atoms with Crippen LogP contribution in [0.25, 0.3) is 65.4 Å². The number of halogens is 4. The van der Waals surface area contributed by atoms with Crippen molar-refractivity contribution in [2.45, 2.75) is 0 Å². The van der Waals surface area contributed by atoms with E-state index in [0.717, 1.165) is 99.5 Å². The zero-order valence-corrected chi connectivity index (χ0v) is 30.4. The lowest BCUT2D eigenvalue weighted by molar-refractivity contribution is 0.627. The van der Waals surface area contributed by atoms with Gasteiger partial charge in [0.05, 0.1) is 0 Å². The van der Waals surface area contributed by atoms with Crippen molar-refractivity contribution < 1.29 is 26.4 Å². The normalized spacial score (nSPS) is 11.8. The predicted octanol–water partition coefficient (Wildman–Crippen LogP) is 15.3. The molecule has 0 aliphatic heterocycles.